The fourth-order valence-corrected chi connectivity index (χ4v) is 3.41. The van der Waals surface area contributed by atoms with Crippen LogP contribution in [0.5, 0.6) is 0 Å². The third-order valence-corrected chi connectivity index (χ3v) is 4.42. The summed E-state index contributed by atoms with van der Waals surface area (Å²) >= 11 is 1.42. The van der Waals surface area contributed by atoms with E-state index >= 15 is 0 Å². The second-order valence-electron chi connectivity index (χ2n) is 4.45. The second-order valence-corrected chi connectivity index (χ2v) is 5.48. The van der Waals surface area contributed by atoms with E-state index in [9.17, 15) is 8.78 Å². The van der Waals surface area contributed by atoms with Gasteiger partial charge in [-0.05, 0) is 31.4 Å². The van der Waals surface area contributed by atoms with Crippen molar-refractivity contribution in [3.8, 4) is 10.6 Å². The monoisotopic (exact) mass is 266 g/mol. The van der Waals surface area contributed by atoms with Crippen molar-refractivity contribution in [2.45, 2.75) is 25.3 Å². The van der Waals surface area contributed by atoms with E-state index in [1.165, 1.54) is 23.5 Å². The van der Waals surface area contributed by atoms with Crippen LogP contribution in [0, 0.1) is 11.6 Å². The summed E-state index contributed by atoms with van der Waals surface area (Å²) in [5, 5.41) is 0.592. The standard InChI is InChI=1S/C13H12F2N2S/c14-7-4-5-8(9(15)6-7)13-17-11-3-1-2-10(16)12(11)18-13/h4-6,10H,1-3,16H2. The van der Waals surface area contributed by atoms with Crippen LogP contribution in [0.4, 0.5) is 8.78 Å². The molecule has 1 heterocycles. The lowest BCUT2D eigenvalue weighted by atomic mass is 9.99. The van der Waals surface area contributed by atoms with Crippen LogP contribution in [0.3, 0.4) is 0 Å². The maximum absolute atomic E-state index is 13.7. The third-order valence-electron chi connectivity index (χ3n) is 3.15. The van der Waals surface area contributed by atoms with E-state index in [-0.39, 0.29) is 6.04 Å². The zero-order valence-electron chi connectivity index (χ0n) is 9.62. The second kappa shape index (κ2) is 4.40. The molecule has 1 aliphatic rings. The van der Waals surface area contributed by atoms with E-state index < -0.39 is 11.6 Å². The van der Waals surface area contributed by atoms with Crippen LogP contribution in [-0.4, -0.2) is 4.98 Å². The van der Waals surface area contributed by atoms with Crippen molar-refractivity contribution in [1.29, 1.82) is 0 Å². The van der Waals surface area contributed by atoms with Gasteiger partial charge in [0.25, 0.3) is 0 Å². The smallest absolute Gasteiger partial charge is 0.136 e. The summed E-state index contributed by atoms with van der Waals surface area (Å²) < 4.78 is 26.6. The number of benzene rings is 1. The molecule has 0 fully saturated rings. The van der Waals surface area contributed by atoms with Crippen molar-refractivity contribution in [1.82, 2.24) is 4.98 Å². The fraction of sp³-hybridized carbons (Fsp3) is 0.308. The molecule has 18 heavy (non-hydrogen) atoms. The highest BCUT2D eigenvalue weighted by Gasteiger charge is 2.23. The first-order valence-corrected chi connectivity index (χ1v) is 6.67. The lowest BCUT2D eigenvalue weighted by Crippen LogP contribution is -2.15. The van der Waals surface area contributed by atoms with Crippen LogP contribution >= 0.6 is 11.3 Å². The van der Waals surface area contributed by atoms with Gasteiger partial charge in [-0.2, -0.15) is 0 Å². The summed E-state index contributed by atoms with van der Waals surface area (Å²) in [6.45, 7) is 0. The van der Waals surface area contributed by atoms with Crippen molar-refractivity contribution in [2.24, 2.45) is 5.73 Å². The summed E-state index contributed by atoms with van der Waals surface area (Å²) in [5.41, 5.74) is 7.34. The number of hydrogen-bond donors (Lipinski definition) is 1. The molecule has 94 valence electrons. The summed E-state index contributed by atoms with van der Waals surface area (Å²) in [7, 11) is 0. The maximum Gasteiger partial charge on any atom is 0.136 e. The van der Waals surface area contributed by atoms with Crippen LogP contribution in [0.15, 0.2) is 18.2 Å². The molecule has 0 spiro atoms. The van der Waals surface area contributed by atoms with Crippen molar-refractivity contribution >= 4 is 11.3 Å². The zero-order chi connectivity index (χ0) is 12.7. The summed E-state index contributed by atoms with van der Waals surface area (Å²) in [4.78, 5) is 5.48. The molecule has 0 radical (unpaired) electrons. The average molecular weight is 266 g/mol. The van der Waals surface area contributed by atoms with Crippen molar-refractivity contribution in [2.75, 3.05) is 0 Å². The predicted molar refractivity (Wildman–Crippen MR) is 67.3 cm³/mol. The lowest BCUT2D eigenvalue weighted by molar-refractivity contribution is 0.573. The van der Waals surface area contributed by atoms with Crippen LogP contribution in [0.1, 0.15) is 29.5 Å². The van der Waals surface area contributed by atoms with Gasteiger partial charge in [-0.3, -0.25) is 0 Å². The first-order valence-electron chi connectivity index (χ1n) is 5.86. The SMILES string of the molecule is NC1CCCc2nc(-c3ccc(F)cc3F)sc21. The van der Waals surface area contributed by atoms with E-state index in [2.05, 4.69) is 4.98 Å². The van der Waals surface area contributed by atoms with Gasteiger partial charge in [-0.25, -0.2) is 13.8 Å². The van der Waals surface area contributed by atoms with Gasteiger partial charge < -0.3 is 5.73 Å². The maximum atomic E-state index is 13.7. The Hall–Kier alpha value is -1.33. The molecule has 2 nitrogen and oxygen atoms in total. The minimum atomic E-state index is -0.575. The van der Waals surface area contributed by atoms with E-state index in [1.807, 2.05) is 0 Å². The molecule has 1 aromatic heterocycles. The Morgan fingerprint density at radius 2 is 2.17 bits per heavy atom. The van der Waals surface area contributed by atoms with Crippen LogP contribution in [-0.2, 0) is 6.42 Å². The number of nitrogens with zero attached hydrogens (tertiary/aromatic N) is 1. The number of aromatic nitrogens is 1. The number of halogens is 2. The molecule has 2 N–H and O–H groups in total. The van der Waals surface area contributed by atoms with Crippen molar-refractivity contribution in [3.63, 3.8) is 0 Å². The Bertz CT molecular complexity index is 595. The molecule has 1 atom stereocenters. The van der Waals surface area contributed by atoms with E-state index in [0.717, 1.165) is 35.9 Å². The molecule has 5 heteroatoms. The molecule has 0 saturated heterocycles. The highest BCUT2D eigenvalue weighted by Crippen LogP contribution is 2.37. The highest BCUT2D eigenvalue weighted by atomic mass is 32.1. The number of hydrogen-bond acceptors (Lipinski definition) is 3. The molecular weight excluding hydrogens is 254 g/mol. The van der Waals surface area contributed by atoms with E-state index in [1.54, 1.807) is 0 Å². The van der Waals surface area contributed by atoms with Gasteiger partial charge in [0.2, 0.25) is 0 Å². The molecule has 1 aliphatic carbocycles. The molecule has 2 aromatic rings. The predicted octanol–water partition coefficient (Wildman–Crippen LogP) is 3.42. The van der Waals surface area contributed by atoms with Gasteiger partial charge in [0.1, 0.15) is 16.6 Å². The summed E-state index contributed by atoms with van der Waals surface area (Å²) in [6.07, 6.45) is 2.85. The minimum absolute atomic E-state index is 0.00325. The lowest BCUT2D eigenvalue weighted by Gasteiger charge is -2.15. The number of aryl methyl sites for hydroxylation is 1. The van der Waals surface area contributed by atoms with Crippen LogP contribution in [0.2, 0.25) is 0 Å². The van der Waals surface area contributed by atoms with E-state index in [0.29, 0.717) is 10.6 Å². The molecule has 0 aliphatic heterocycles. The minimum Gasteiger partial charge on any atom is -0.323 e. The Kier molecular flexibility index (Phi) is 2.87. The molecule has 0 saturated carbocycles. The van der Waals surface area contributed by atoms with Gasteiger partial charge >= 0.3 is 0 Å². The van der Waals surface area contributed by atoms with E-state index in [4.69, 9.17) is 5.73 Å². The first-order chi connectivity index (χ1) is 8.65. The molecular formula is C13H12F2N2S. The Labute approximate surface area is 107 Å². The van der Waals surface area contributed by atoms with Gasteiger partial charge in [0, 0.05) is 22.5 Å². The van der Waals surface area contributed by atoms with Crippen molar-refractivity contribution < 1.29 is 8.78 Å². The Morgan fingerprint density at radius 1 is 1.33 bits per heavy atom. The Balaban J connectivity index is 2.07. The summed E-state index contributed by atoms with van der Waals surface area (Å²) in [6, 6.07) is 3.57. The fourth-order valence-electron chi connectivity index (χ4n) is 2.23. The number of thiazole rings is 1. The zero-order valence-corrected chi connectivity index (χ0v) is 10.4. The topological polar surface area (TPSA) is 38.9 Å². The first kappa shape index (κ1) is 11.7. The number of fused-ring (bicyclic) bond motifs is 1. The van der Waals surface area contributed by atoms with Gasteiger partial charge in [-0.1, -0.05) is 0 Å². The number of nitrogens with two attached hydrogens (primary N) is 1. The summed E-state index contributed by atoms with van der Waals surface area (Å²) in [5.74, 6) is -1.15. The normalized spacial score (nSPS) is 18.7. The third kappa shape index (κ3) is 1.93. The average Bonchev–Trinajstić information content (AvgIpc) is 2.74. The van der Waals surface area contributed by atoms with Gasteiger partial charge in [-0.15, -0.1) is 11.3 Å². The molecule has 1 aromatic carbocycles. The molecule has 0 amide bonds. The number of rotatable bonds is 1. The molecule has 0 bridgehead atoms. The van der Waals surface area contributed by atoms with Gasteiger partial charge in [0.15, 0.2) is 0 Å². The van der Waals surface area contributed by atoms with Crippen LogP contribution < -0.4 is 5.73 Å². The largest absolute Gasteiger partial charge is 0.323 e. The Morgan fingerprint density at radius 3 is 2.89 bits per heavy atom. The quantitative estimate of drug-likeness (QED) is 0.859. The highest BCUT2D eigenvalue weighted by molar-refractivity contribution is 7.15. The molecule has 1 unspecified atom stereocenters. The van der Waals surface area contributed by atoms with Crippen LogP contribution in [0.25, 0.3) is 10.6 Å². The molecule has 3 rings (SSSR count). The van der Waals surface area contributed by atoms with Crippen molar-refractivity contribution in [3.05, 3.63) is 40.4 Å². The van der Waals surface area contributed by atoms with Gasteiger partial charge in [0.05, 0.1) is 5.69 Å².